The van der Waals surface area contributed by atoms with E-state index in [1.54, 1.807) is 0 Å². The molecule has 0 aromatic heterocycles. The Morgan fingerprint density at radius 3 is 2.73 bits per heavy atom. The first-order chi connectivity index (χ1) is 7.05. The second-order valence-corrected chi connectivity index (χ2v) is 5.24. The van der Waals surface area contributed by atoms with E-state index < -0.39 is 0 Å². The fraction of sp³-hybridized carbons (Fsp3) is 0.917. The second kappa shape index (κ2) is 5.38. The Labute approximate surface area is 93.2 Å². The maximum atomic E-state index is 11.7. The van der Waals surface area contributed by atoms with Crippen LogP contribution in [0.2, 0.25) is 0 Å². The van der Waals surface area contributed by atoms with E-state index in [9.17, 15) is 4.79 Å². The van der Waals surface area contributed by atoms with Crippen molar-refractivity contribution in [2.75, 3.05) is 19.6 Å². The molecule has 1 fully saturated rings. The first kappa shape index (κ1) is 12.3. The molecular formula is C12H24N2O. The fourth-order valence-corrected chi connectivity index (χ4v) is 1.97. The fourth-order valence-electron chi connectivity index (χ4n) is 1.97. The lowest BCUT2D eigenvalue weighted by Crippen LogP contribution is -2.40. The van der Waals surface area contributed by atoms with Crippen LogP contribution in [0.3, 0.4) is 0 Å². The lowest BCUT2D eigenvalue weighted by Gasteiger charge is -2.23. The molecule has 1 saturated heterocycles. The Hall–Kier alpha value is -0.730. The highest BCUT2D eigenvalue weighted by Gasteiger charge is 2.24. The van der Waals surface area contributed by atoms with Crippen LogP contribution >= 0.6 is 0 Å². The van der Waals surface area contributed by atoms with Crippen LogP contribution in [-0.4, -0.2) is 30.6 Å². The van der Waals surface area contributed by atoms with Crippen molar-refractivity contribution >= 4 is 6.03 Å². The maximum Gasteiger partial charge on any atom is 0.317 e. The summed E-state index contributed by atoms with van der Waals surface area (Å²) in [4.78, 5) is 13.7. The Bertz CT molecular complexity index is 214. The van der Waals surface area contributed by atoms with Gasteiger partial charge in [0.15, 0.2) is 0 Å². The third-order valence-corrected chi connectivity index (χ3v) is 3.15. The quantitative estimate of drug-likeness (QED) is 0.749. The molecule has 0 spiro atoms. The van der Waals surface area contributed by atoms with Gasteiger partial charge in [-0.25, -0.2) is 4.79 Å². The van der Waals surface area contributed by atoms with Gasteiger partial charge in [0.2, 0.25) is 0 Å². The third kappa shape index (κ3) is 4.10. The van der Waals surface area contributed by atoms with Crippen LogP contribution in [-0.2, 0) is 0 Å². The van der Waals surface area contributed by atoms with Crippen molar-refractivity contribution in [3.63, 3.8) is 0 Å². The van der Waals surface area contributed by atoms with Gasteiger partial charge in [-0.05, 0) is 31.1 Å². The Morgan fingerprint density at radius 1 is 1.33 bits per heavy atom. The SMILES string of the molecule is CCCNC(=O)N1CCCC(C)(C)CC1. The molecule has 1 heterocycles. The van der Waals surface area contributed by atoms with Gasteiger partial charge in [0, 0.05) is 19.6 Å². The molecule has 0 saturated carbocycles. The number of urea groups is 1. The van der Waals surface area contributed by atoms with Gasteiger partial charge in [0.1, 0.15) is 0 Å². The minimum Gasteiger partial charge on any atom is -0.338 e. The summed E-state index contributed by atoms with van der Waals surface area (Å²) in [5, 5.41) is 2.94. The zero-order valence-electron chi connectivity index (χ0n) is 10.3. The topological polar surface area (TPSA) is 32.3 Å². The first-order valence-corrected chi connectivity index (χ1v) is 6.08. The number of carbonyl (C=O) groups excluding carboxylic acids is 1. The minimum atomic E-state index is 0.120. The summed E-state index contributed by atoms with van der Waals surface area (Å²) >= 11 is 0. The summed E-state index contributed by atoms with van der Waals surface area (Å²) < 4.78 is 0. The zero-order valence-corrected chi connectivity index (χ0v) is 10.3. The van der Waals surface area contributed by atoms with Crippen LogP contribution < -0.4 is 5.32 Å². The first-order valence-electron chi connectivity index (χ1n) is 6.08. The number of rotatable bonds is 2. The van der Waals surface area contributed by atoms with E-state index in [4.69, 9.17) is 0 Å². The van der Waals surface area contributed by atoms with Gasteiger partial charge in [0.25, 0.3) is 0 Å². The Morgan fingerprint density at radius 2 is 2.07 bits per heavy atom. The van der Waals surface area contributed by atoms with Gasteiger partial charge in [-0.1, -0.05) is 20.8 Å². The predicted molar refractivity (Wildman–Crippen MR) is 62.9 cm³/mol. The van der Waals surface area contributed by atoms with Crippen molar-refractivity contribution in [1.82, 2.24) is 10.2 Å². The van der Waals surface area contributed by atoms with E-state index in [1.165, 1.54) is 6.42 Å². The van der Waals surface area contributed by atoms with Gasteiger partial charge in [0.05, 0.1) is 0 Å². The van der Waals surface area contributed by atoms with Crippen LogP contribution in [0.5, 0.6) is 0 Å². The summed E-state index contributed by atoms with van der Waals surface area (Å²) in [5.74, 6) is 0. The molecule has 0 unspecified atom stereocenters. The maximum absolute atomic E-state index is 11.7. The van der Waals surface area contributed by atoms with Gasteiger partial charge >= 0.3 is 6.03 Å². The van der Waals surface area contributed by atoms with E-state index in [1.807, 2.05) is 4.90 Å². The van der Waals surface area contributed by atoms with Crippen LogP contribution in [0.4, 0.5) is 4.79 Å². The van der Waals surface area contributed by atoms with Crippen LogP contribution in [0.15, 0.2) is 0 Å². The number of amides is 2. The largest absolute Gasteiger partial charge is 0.338 e. The molecule has 0 radical (unpaired) electrons. The van der Waals surface area contributed by atoms with Gasteiger partial charge < -0.3 is 10.2 Å². The van der Waals surface area contributed by atoms with Gasteiger partial charge in [-0.3, -0.25) is 0 Å². The molecule has 1 N–H and O–H groups in total. The lowest BCUT2D eigenvalue weighted by molar-refractivity contribution is 0.197. The Kier molecular flexibility index (Phi) is 4.43. The molecule has 0 aromatic rings. The smallest absolute Gasteiger partial charge is 0.317 e. The number of nitrogens with zero attached hydrogens (tertiary/aromatic N) is 1. The number of hydrogen-bond donors (Lipinski definition) is 1. The van der Waals surface area contributed by atoms with Crippen LogP contribution in [0.25, 0.3) is 0 Å². The van der Waals surface area contributed by atoms with E-state index in [2.05, 4.69) is 26.1 Å². The molecule has 3 heteroatoms. The molecule has 3 nitrogen and oxygen atoms in total. The number of hydrogen-bond acceptors (Lipinski definition) is 1. The van der Waals surface area contributed by atoms with Crippen molar-refractivity contribution in [3.05, 3.63) is 0 Å². The molecule has 0 aliphatic carbocycles. The summed E-state index contributed by atoms with van der Waals surface area (Å²) in [6, 6.07) is 0.120. The van der Waals surface area contributed by atoms with Crippen LogP contribution in [0, 0.1) is 5.41 Å². The zero-order chi connectivity index (χ0) is 11.3. The summed E-state index contributed by atoms with van der Waals surface area (Å²) in [6.07, 6.45) is 4.48. The van der Waals surface area contributed by atoms with E-state index in [0.717, 1.165) is 38.9 Å². The highest BCUT2D eigenvalue weighted by Crippen LogP contribution is 2.29. The summed E-state index contributed by atoms with van der Waals surface area (Å²) in [6.45, 7) is 9.27. The molecule has 1 aliphatic heterocycles. The average molecular weight is 212 g/mol. The summed E-state index contributed by atoms with van der Waals surface area (Å²) in [7, 11) is 0. The molecule has 88 valence electrons. The molecule has 15 heavy (non-hydrogen) atoms. The highest BCUT2D eigenvalue weighted by atomic mass is 16.2. The van der Waals surface area contributed by atoms with Crippen molar-refractivity contribution in [2.45, 2.75) is 46.5 Å². The number of likely N-dealkylation sites (tertiary alicyclic amines) is 1. The lowest BCUT2D eigenvalue weighted by atomic mass is 9.85. The van der Waals surface area contributed by atoms with Crippen LogP contribution in [0.1, 0.15) is 46.5 Å². The van der Waals surface area contributed by atoms with Crippen molar-refractivity contribution in [3.8, 4) is 0 Å². The number of carbonyl (C=O) groups is 1. The van der Waals surface area contributed by atoms with E-state index in [0.29, 0.717) is 5.41 Å². The van der Waals surface area contributed by atoms with E-state index in [-0.39, 0.29) is 6.03 Å². The highest BCUT2D eigenvalue weighted by molar-refractivity contribution is 5.74. The molecular weight excluding hydrogens is 188 g/mol. The standard InChI is InChI=1S/C12H24N2O/c1-4-8-13-11(15)14-9-5-6-12(2,3)7-10-14/h4-10H2,1-3H3,(H,13,15). The molecule has 1 rings (SSSR count). The predicted octanol–water partition coefficient (Wildman–Crippen LogP) is 2.62. The normalized spacial score (nSPS) is 20.9. The second-order valence-electron chi connectivity index (χ2n) is 5.24. The molecule has 0 bridgehead atoms. The monoisotopic (exact) mass is 212 g/mol. The van der Waals surface area contributed by atoms with Gasteiger partial charge in [-0.2, -0.15) is 0 Å². The third-order valence-electron chi connectivity index (χ3n) is 3.15. The molecule has 0 aromatic carbocycles. The summed E-state index contributed by atoms with van der Waals surface area (Å²) in [5.41, 5.74) is 0.403. The van der Waals surface area contributed by atoms with Crippen molar-refractivity contribution in [1.29, 1.82) is 0 Å². The Balaban J connectivity index is 2.40. The molecule has 2 amide bonds. The molecule has 1 aliphatic rings. The van der Waals surface area contributed by atoms with Crippen molar-refractivity contribution in [2.24, 2.45) is 5.41 Å². The molecule has 0 atom stereocenters. The minimum absolute atomic E-state index is 0.120. The number of nitrogens with one attached hydrogen (secondary N) is 1. The van der Waals surface area contributed by atoms with E-state index >= 15 is 0 Å². The van der Waals surface area contributed by atoms with Crippen molar-refractivity contribution < 1.29 is 4.79 Å². The average Bonchev–Trinajstić information content (AvgIpc) is 2.36. The van der Waals surface area contributed by atoms with Gasteiger partial charge in [-0.15, -0.1) is 0 Å².